The first-order chi connectivity index (χ1) is 16.7. The second-order valence-electron chi connectivity index (χ2n) is 12.7. The summed E-state index contributed by atoms with van der Waals surface area (Å²) in [5.74, 6) is 0.776. The molecular weight excluding hydrogens is 436 g/mol. The van der Waals surface area contributed by atoms with E-state index in [9.17, 15) is 10.2 Å². The van der Waals surface area contributed by atoms with Gasteiger partial charge in [0.25, 0.3) is 0 Å². The average molecular weight is 475 g/mol. The van der Waals surface area contributed by atoms with Gasteiger partial charge >= 0.3 is 0 Å². The monoisotopic (exact) mass is 474 g/mol. The lowest BCUT2D eigenvalue weighted by atomic mass is 9.57. The summed E-state index contributed by atoms with van der Waals surface area (Å²) in [7, 11) is 4.03. The Balaban J connectivity index is 1.25. The van der Waals surface area contributed by atoms with Crippen molar-refractivity contribution in [2.45, 2.75) is 81.8 Å². The summed E-state index contributed by atoms with van der Waals surface area (Å²) in [5.41, 5.74) is 4.28. The van der Waals surface area contributed by atoms with E-state index in [4.69, 9.17) is 4.74 Å². The fourth-order valence-corrected chi connectivity index (χ4v) is 9.32. The van der Waals surface area contributed by atoms with E-state index >= 15 is 0 Å². The van der Waals surface area contributed by atoms with Gasteiger partial charge in [0, 0.05) is 34.7 Å². The molecule has 2 saturated heterocycles. The third-order valence-electron chi connectivity index (χ3n) is 11.2. The second kappa shape index (κ2) is 6.95. The van der Waals surface area contributed by atoms with Gasteiger partial charge in [0.05, 0.1) is 23.4 Å². The number of rotatable bonds is 3. The van der Waals surface area contributed by atoms with E-state index in [1.807, 2.05) is 26.4 Å². The topological polar surface area (TPSA) is 65.8 Å². The van der Waals surface area contributed by atoms with Crippen LogP contribution in [0.5, 0.6) is 0 Å². The van der Waals surface area contributed by atoms with Crippen LogP contribution in [-0.4, -0.2) is 63.6 Å². The minimum Gasteiger partial charge on any atom is -0.390 e. The second-order valence-corrected chi connectivity index (χ2v) is 12.7. The molecule has 6 aliphatic rings. The van der Waals surface area contributed by atoms with Crippen LogP contribution >= 0.6 is 0 Å². The molecule has 2 aliphatic heterocycles. The van der Waals surface area contributed by atoms with Gasteiger partial charge in [-0.2, -0.15) is 0 Å². The molecule has 0 radical (unpaired) electrons. The van der Waals surface area contributed by atoms with Gasteiger partial charge in [0.1, 0.15) is 0 Å². The van der Waals surface area contributed by atoms with Gasteiger partial charge in [-0.05, 0) is 88.2 Å². The number of hydrogen-bond donors (Lipinski definition) is 2. The first-order valence-corrected chi connectivity index (χ1v) is 13.4. The number of aliphatic hydroxyl groups is 2. The number of aromatic nitrogens is 1. The summed E-state index contributed by atoms with van der Waals surface area (Å²) in [6, 6.07) is 4.06. The van der Waals surface area contributed by atoms with Gasteiger partial charge in [-0.3, -0.25) is 4.98 Å². The summed E-state index contributed by atoms with van der Waals surface area (Å²) in [6.45, 7) is 4.50. The van der Waals surface area contributed by atoms with Crippen LogP contribution in [-0.2, 0) is 4.74 Å². The molecular formula is C30H38N2O3. The number of allylic oxidation sites excluding steroid dienone is 4. The third kappa shape index (κ3) is 2.56. The molecule has 2 saturated carbocycles. The molecule has 3 heterocycles. The fraction of sp³-hybridized carbons (Fsp3) is 0.633. The maximum absolute atomic E-state index is 11.5. The van der Waals surface area contributed by atoms with Crippen LogP contribution in [0.1, 0.15) is 56.7 Å². The smallest absolute Gasteiger partial charge is 0.0961 e. The zero-order valence-corrected chi connectivity index (χ0v) is 21.4. The number of aryl methyl sites for hydroxylation is 1. The summed E-state index contributed by atoms with van der Waals surface area (Å²) in [5, 5.41) is 22.5. The summed E-state index contributed by atoms with van der Waals surface area (Å²) < 4.78 is 7.40. The van der Waals surface area contributed by atoms with Crippen molar-refractivity contribution < 1.29 is 14.9 Å². The van der Waals surface area contributed by atoms with Crippen LogP contribution in [0.4, 0.5) is 0 Å². The average Bonchev–Trinajstić information content (AvgIpc) is 3.37. The molecule has 9 unspecified atom stereocenters. The molecule has 1 aromatic heterocycles. The summed E-state index contributed by atoms with van der Waals surface area (Å²) >= 11 is 0. The third-order valence-corrected chi connectivity index (χ3v) is 11.2. The van der Waals surface area contributed by atoms with Crippen LogP contribution < -0.4 is 0 Å². The molecule has 7 rings (SSSR count). The molecule has 5 heteroatoms. The number of aliphatic hydroxyl groups excluding tert-OH is 2. The van der Waals surface area contributed by atoms with Crippen LogP contribution in [0.2, 0.25) is 0 Å². The van der Waals surface area contributed by atoms with Gasteiger partial charge in [-0.15, -0.1) is 0 Å². The van der Waals surface area contributed by atoms with Crippen LogP contribution in [0, 0.1) is 29.6 Å². The molecule has 0 amide bonds. The predicted octanol–water partition coefficient (Wildman–Crippen LogP) is 4.05. The first-order valence-electron chi connectivity index (χ1n) is 13.4. The van der Waals surface area contributed by atoms with Gasteiger partial charge in [-0.1, -0.05) is 37.3 Å². The SMILES string of the molecule is Cc1ncccc1C=CC1=CCC2C1(C)CC=C1C3CC34C(O)C(O)C(N(C)C)CC43CCC12O3. The van der Waals surface area contributed by atoms with Crippen molar-refractivity contribution in [2.24, 2.45) is 22.7 Å². The van der Waals surface area contributed by atoms with Crippen molar-refractivity contribution in [3.8, 4) is 0 Å². The van der Waals surface area contributed by atoms with Crippen molar-refractivity contribution in [2.75, 3.05) is 14.1 Å². The highest BCUT2D eigenvalue weighted by molar-refractivity contribution is 5.58. The molecule has 5 nitrogen and oxygen atoms in total. The Labute approximate surface area is 208 Å². The lowest BCUT2D eigenvalue weighted by Gasteiger charge is -2.59. The van der Waals surface area contributed by atoms with Crippen molar-refractivity contribution in [1.29, 1.82) is 0 Å². The molecule has 2 N–H and O–H groups in total. The minimum atomic E-state index is -0.720. The van der Waals surface area contributed by atoms with E-state index in [1.165, 1.54) is 16.7 Å². The minimum absolute atomic E-state index is 0.0459. The normalized spacial score (nSPS) is 49.3. The maximum Gasteiger partial charge on any atom is 0.0961 e. The predicted molar refractivity (Wildman–Crippen MR) is 135 cm³/mol. The quantitative estimate of drug-likeness (QED) is 0.647. The molecule has 3 spiro atoms. The Morgan fingerprint density at radius 3 is 2.74 bits per heavy atom. The summed E-state index contributed by atoms with van der Waals surface area (Å²) in [4.78, 5) is 6.53. The van der Waals surface area contributed by atoms with Crippen molar-refractivity contribution >= 4 is 6.08 Å². The Bertz CT molecular complexity index is 1190. The Morgan fingerprint density at radius 2 is 1.97 bits per heavy atom. The van der Waals surface area contributed by atoms with Gasteiger partial charge < -0.3 is 19.8 Å². The largest absolute Gasteiger partial charge is 0.390 e. The van der Waals surface area contributed by atoms with E-state index in [1.54, 1.807) is 0 Å². The molecule has 2 bridgehead atoms. The number of fused-ring (bicyclic) bond motifs is 2. The zero-order chi connectivity index (χ0) is 24.4. The molecule has 35 heavy (non-hydrogen) atoms. The number of hydrogen-bond acceptors (Lipinski definition) is 5. The highest BCUT2D eigenvalue weighted by Gasteiger charge is 2.84. The lowest BCUT2D eigenvalue weighted by molar-refractivity contribution is -0.248. The van der Waals surface area contributed by atoms with Gasteiger partial charge in [0.2, 0.25) is 0 Å². The number of ether oxygens (including phenoxy) is 1. The standard InChI is InChI=1S/C30H38N2O3/c1-18-19(6-5-15-31-18)7-8-20-9-10-24-27(20,2)12-11-21-22-16-29(22)26(34)25(33)23(32(3)4)17-28(29)13-14-30(21,24)35-28/h5-9,11,15,22-26,33-34H,10,12-14,16-17H2,1-4H3. The number of pyridine rings is 1. The highest BCUT2D eigenvalue weighted by atomic mass is 16.5. The van der Waals surface area contributed by atoms with E-state index in [-0.39, 0.29) is 28.1 Å². The molecule has 0 aromatic carbocycles. The first kappa shape index (κ1) is 22.4. The fourth-order valence-electron chi connectivity index (χ4n) is 9.32. The Kier molecular flexibility index (Phi) is 4.45. The lowest BCUT2D eigenvalue weighted by Crippen LogP contribution is -2.67. The van der Waals surface area contributed by atoms with Crippen LogP contribution in [0.15, 0.2) is 47.7 Å². The molecule has 4 fully saturated rings. The molecule has 9 atom stereocenters. The van der Waals surface area contributed by atoms with Gasteiger partial charge in [-0.25, -0.2) is 0 Å². The van der Waals surface area contributed by atoms with Gasteiger partial charge in [0.15, 0.2) is 0 Å². The van der Waals surface area contributed by atoms with Crippen LogP contribution in [0.25, 0.3) is 6.08 Å². The highest BCUT2D eigenvalue weighted by Crippen LogP contribution is 2.81. The van der Waals surface area contributed by atoms with Crippen LogP contribution in [0.3, 0.4) is 0 Å². The Hall–Kier alpha value is -1.79. The molecule has 1 aromatic rings. The number of likely N-dealkylation sites (N-methyl/N-ethyl adjacent to an activating group) is 1. The maximum atomic E-state index is 11.5. The van der Waals surface area contributed by atoms with Crippen molar-refractivity contribution in [3.63, 3.8) is 0 Å². The van der Waals surface area contributed by atoms with E-state index in [0.29, 0.717) is 11.8 Å². The van der Waals surface area contributed by atoms with Crippen molar-refractivity contribution in [3.05, 3.63) is 59.0 Å². The van der Waals surface area contributed by atoms with E-state index in [0.717, 1.165) is 44.2 Å². The van der Waals surface area contributed by atoms with Crippen molar-refractivity contribution in [1.82, 2.24) is 9.88 Å². The summed E-state index contributed by atoms with van der Waals surface area (Å²) in [6.07, 6.45) is 15.7. The zero-order valence-electron chi connectivity index (χ0n) is 21.4. The number of nitrogens with zero attached hydrogens (tertiary/aromatic N) is 2. The Morgan fingerprint density at radius 1 is 1.14 bits per heavy atom. The van der Waals surface area contributed by atoms with E-state index < -0.39 is 12.2 Å². The molecule has 4 aliphatic carbocycles. The van der Waals surface area contributed by atoms with E-state index in [2.05, 4.69) is 54.1 Å². The molecule has 186 valence electrons.